The summed E-state index contributed by atoms with van der Waals surface area (Å²) >= 11 is 3.69. The molecule has 0 amide bonds. The molecule has 0 aliphatic carbocycles. The predicted molar refractivity (Wildman–Crippen MR) is 82.1 cm³/mol. The van der Waals surface area contributed by atoms with Crippen LogP contribution in [0.15, 0.2) is 28.7 Å². The van der Waals surface area contributed by atoms with E-state index >= 15 is 0 Å². The molecule has 0 fully saturated rings. The highest BCUT2D eigenvalue weighted by atomic mass is 79.9. The quantitative estimate of drug-likeness (QED) is 0.827. The van der Waals surface area contributed by atoms with Crippen molar-refractivity contribution in [1.29, 1.82) is 0 Å². The molecule has 2 rings (SSSR count). The fraction of sp³-hybridized carbons (Fsp3) is 0.467. The molecular formula is C15H21BrN2. The fourth-order valence-electron chi connectivity index (χ4n) is 2.26. The van der Waals surface area contributed by atoms with Gasteiger partial charge in [0.1, 0.15) is 0 Å². The summed E-state index contributed by atoms with van der Waals surface area (Å²) in [6.07, 6.45) is 0. The molecule has 0 bridgehead atoms. The minimum absolute atomic E-state index is 0.708. The molecule has 0 aliphatic heterocycles. The van der Waals surface area contributed by atoms with Crippen molar-refractivity contribution >= 4 is 26.8 Å². The lowest BCUT2D eigenvalue weighted by Crippen LogP contribution is -2.24. The molecular weight excluding hydrogens is 288 g/mol. The Balaban J connectivity index is 2.15. The van der Waals surface area contributed by atoms with E-state index in [1.807, 2.05) is 0 Å². The summed E-state index contributed by atoms with van der Waals surface area (Å²) in [6.45, 7) is 9.76. The SMILES string of the molecule is Cc1c(Br)c2ccccc2n1CCNCC(C)C. The zero-order chi connectivity index (χ0) is 13.1. The molecule has 0 radical (unpaired) electrons. The zero-order valence-corrected chi connectivity index (χ0v) is 12.9. The minimum atomic E-state index is 0.708. The lowest BCUT2D eigenvalue weighted by molar-refractivity contribution is 0.526. The van der Waals surface area contributed by atoms with Crippen LogP contribution in [0.4, 0.5) is 0 Å². The van der Waals surface area contributed by atoms with Gasteiger partial charge in [0, 0.05) is 34.2 Å². The Kier molecular flexibility index (Phi) is 4.46. The van der Waals surface area contributed by atoms with Gasteiger partial charge in [-0.3, -0.25) is 0 Å². The van der Waals surface area contributed by atoms with Crippen molar-refractivity contribution in [2.45, 2.75) is 27.3 Å². The molecule has 1 N–H and O–H groups in total. The van der Waals surface area contributed by atoms with Gasteiger partial charge in [0.25, 0.3) is 0 Å². The monoisotopic (exact) mass is 308 g/mol. The molecule has 0 saturated carbocycles. The van der Waals surface area contributed by atoms with Crippen molar-refractivity contribution in [2.75, 3.05) is 13.1 Å². The van der Waals surface area contributed by atoms with E-state index in [2.05, 4.69) is 70.9 Å². The molecule has 0 spiro atoms. The van der Waals surface area contributed by atoms with Gasteiger partial charge in [0.2, 0.25) is 0 Å². The van der Waals surface area contributed by atoms with E-state index in [1.54, 1.807) is 0 Å². The molecule has 0 unspecified atom stereocenters. The van der Waals surface area contributed by atoms with Gasteiger partial charge in [-0.15, -0.1) is 0 Å². The molecule has 2 aromatic rings. The van der Waals surface area contributed by atoms with Crippen LogP contribution >= 0.6 is 15.9 Å². The summed E-state index contributed by atoms with van der Waals surface area (Å²) in [4.78, 5) is 0. The number of hydrogen-bond acceptors (Lipinski definition) is 1. The van der Waals surface area contributed by atoms with Crippen molar-refractivity contribution in [3.8, 4) is 0 Å². The maximum atomic E-state index is 3.69. The van der Waals surface area contributed by atoms with Crippen LogP contribution in [0.3, 0.4) is 0 Å². The van der Waals surface area contributed by atoms with Gasteiger partial charge in [-0.2, -0.15) is 0 Å². The number of fused-ring (bicyclic) bond motifs is 1. The first-order valence-corrected chi connectivity index (χ1v) is 7.34. The van der Waals surface area contributed by atoms with E-state index in [1.165, 1.54) is 21.1 Å². The second-order valence-corrected chi connectivity index (χ2v) is 5.96. The first kappa shape index (κ1) is 13.6. The van der Waals surface area contributed by atoms with Crippen LogP contribution in [0.25, 0.3) is 10.9 Å². The molecule has 98 valence electrons. The Morgan fingerprint density at radius 1 is 1.28 bits per heavy atom. The highest BCUT2D eigenvalue weighted by Crippen LogP contribution is 2.30. The summed E-state index contributed by atoms with van der Waals surface area (Å²) < 4.78 is 3.61. The van der Waals surface area contributed by atoms with Crippen LogP contribution < -0.4 is 5.32 Å². The van der Waals surface area contributed by atoms with Gasteiger partial charge < -0.3 is 9.88 Å². The van der Waals surface area contributed by atoms with Crippen LogP contribution in [-0.2, 0) is 6.54 Å². The van der Waals surface area contributed by atoms with E-state index < -0.39 is 0 Å². The minimum Gasteiger partial charge on any atom is -0.342 e. The number of benzene rings is 1. The Morgan fingerprint density at radius 2 is 2.00 bits per heavy atom. The number of nitrogens with zero attached hydrogens (tertiary/aromatic N) is 1. The van der Waals surface area contributed by atoms with Gasteiger partial charge in [-0.25, -0.2) is 0 Å². The highest BCUT2D eigenvalue weighted by molar-refractivity contribution is 9.10. The van der Waals surface area contributed by atoms with Crippen molar-refractivity contribution in [2.24, 2.45) is 5.92 Å². The Labute approximate surface area is 118 Å². The molecule has 3 heteroatoms. The molecule has 1 aromatic heterocycles. The highest BCUT2D eigenvalue weighted by Gasteiger charge is 2.10. The van der Waals surface area contributed by atoms with E-state index in [0.717, 1.165) is 19.6 Å². The average molecular weight is 309 g/mol. The summed E-state index contributed by atoms with van der Waals surface area (Å²) in [5, 5.41) is 4.80. The third-order valence-electron chi connectivity index (χ3n) is 3.22. The second kappa shape index (κ2) is 5.89. The number of rotatable bonds is 5. The van der Waals surface area contributed by atoms with Crippen LogP contribution in [0.2, 0.25) is 0 Å². The van der Waals surface area contributed by atoms with Crippen molar-refractivity contribution in [3.05, 3.63) is 34.4 Å². The summed E-state index contributed by atoms with van der Waals surface area (Å²) in [5.41, 5.74) is 2.62. The summed E-state index contributed by atoms with van der Waals surface area (Å²) in [5.74, 6) is 0.708. The van der Waals surface area contributed by atoms with Crippen LogP contribution in [0.1, 0.15) is 19.5 Å². The third-order valence-corrected chi connectivity index (χ3v) is 4.22. The molecule has 0 atom stereocenters. The molecule has 1 heterocycles. The van der Waals surface area contributed by atoms with Crippen molar-refractivity contribution in [3.63, 3.8) is 0 Å². The van der Waals surface area contributed by atoms with Gasteiger partial charge in [0.05, 0.1) is 0 Å². The van der Waals surface area contributed by atoms with E-state index in [4.69, 9.17) is 0 Å². The maximum Gasteiger partial charge on any atom is 0.0494 e. The summed E-state index contributed by atoms with van der Waals surface area (Å²) in [7, 11) is 0. The lowest BCUT2D eigenvalue weighted by Gasteiger charge is -2.11. The van der Waals surface area contributed by atoms with E-state index in [9.17, 15) is 0 Å². The van der Waals surface area contributed by atoms with Crippen LogP contribution in [0.5, 0.6) is 0 Å². The molecule has 2 nitrogen and oxygen atoms in total. The molecule has 1 aromatic carbocycles. The van der Waals surface area contributed by atoms with Gasteiger partial charge in [0.15, 0.2) is 0 Å². The number of aromatic nitrogens is 1. The van der Waals surface area contributed by atoms with Crippen LogP contribution in [0, 0.1) is 12.8 Å². The van der Waals surface area contributed by atoms with E-state index in [-0.39, 0.29) is 0 Å². The number of para-hydroxylation sites is 1. The van der Waals surface area contributed by atoms with Gasteiger partial charge in [-0.1, -0.05) is 32.0 Å². The molecule has 0 aliphatic rings. The second-order valence-electron chi connectivity index (χ2n) is 5.17. The number of halogens is 1. The Morgan fingerprint density at radius 3 is 2.72 bits per heavy atom. The van der Waals surface area contributed by atoms with E-state index in [0.29, 0.717) is 5.92 Å². The zero-order valence-electron chi connectivity index (χ0n) is 11.3. The average Bonchev–Trinajstić information content (AvgIpc) is 2.59. The standard InChI is InChI=1S/C15H21BrN2/c1-11(2)10-17-8-9-18-12(3)15(16)13-6-4-5-7-14(13)18/h4-7,11,17H,8-10H2,1-3H3. The normalized spacial score (nSPS) is 11.6. The summed E-state index contributed by atoms with van der Waals surface area (Å²) in [6, 6.07) is 8.56. The fourth-order valence-corrected chi connectivity index (χ4v) is 2.81. The van der Waals surface area contributed by atoms with Crippen molar-refractivity contribution in [1.82, 2.24) is 9.88 Å². The molecule has 18 heavy (non-hydrogen) atoms. The number of hydrogen-bond donors (Lipinski definition) is 1. The lowest BCUT2D eigenvalue weighted by atomic mass is 10.2. The largest absolute Gasteiger partial charge is 0.342 e. The van der Waals surface area contributed by atoms with Crippen molar-refractivity contribution < 1.29 is 0 Å². The Bertz CT molecular complexity index is 529. The van der Waals surface area contributed by atoms with Gasteiger partial charge in [-0.05, 0) is 41.4 Å². The van der Waals surface area contributed by atoms with Crippen LogP contribution in [-0.4, -0.2) is 17.7 Å². The van der Waals surface area contributed by atoms with Gasteiger partial charge >= 0.3 is 0 Å². The first-order chi connectivity index (χ1) is 8.61. The maximum absolute atomic E-state index is 3.69. The predicted octanol–water partition coefficient (Wildman–Crippen LogP) is 3.96. The smallest absolute Gasteiger partial charge is 0.0494 e. The third kappa shape index (κ3) is 2.78. The topological polar surface area (TPSA) is 17.0 Å². The number of nitrogens with one attached hydrogen (secondary N) is 1. The molecule has 0 saturated heterocycles. The Hall–Kier alpha value is -0.800. The first-order valence-electron chi connectivity index (χ1n) is 6.55.